The second-order valence-corrected chi connectivity index (χ2v) is 8.95. The number of nitrogens with zero attached hydrogens (tertiary/aromatic N) is 5. The van der Waals surface area contributed by atoms with Crippen molar-refractivity contribution in [2.24, 2.45) is 5.73 Å². The molecule has 4 aromatic rings. The van der Waals surface area contributed by atoms with Crippen LogP contribution >= 0.6 is 0 Å². The van der Waals surface area contributed by atoms with E-state index >= 15 is 0 Å². The molecule has 3 aromatic heterocycles. The van der Waals surface area contributed by atoms with E-state index in [0.29, 0.717) is 54.6 Å². The van der Waals surface area contributed by atoms with Gasteiger partial charge in [0.25, 0.3) is 0 Å². The van der Waals surface area contributed by atoms with E-state index in [-0.39, 0.29) is 18.2 Å². The number of methoxy groups -OCH3 is 1. The lowest BCUT2D eigenvalue weighted by molar-refractivity contribution is -0.183. The van der Waals surface area contributed by atoms with Crippen molar-refractivity contribution >= 4 is 16.6 Å². The first-order valence-corrected chi connectivity index (χ1v) is 11.8. The molecule has 11 heteroatoms. The van der Waals surface area contributed by atoms with Crippen molar-refractivity contribution in [2.45, 2.75) is 31.1 Å². The van der Waals surface area contributed by atoms with Gasteiger partial charge >= 0.3 is 6.18 Å². The Hall–Kier alpha value is -3.28. The highest BCUT2D eigenvalue weighted by atomic mass is 19.4. The van der Waals surface area contributed by atoms with Crippen molar-refractivity contribution in [3.63, 3.8) is 0 Å². The van der Waals surface area contributed by atoms with Gasteiger partial charge in [0, 0.05) is 56.9 Å². The first kappa shape index (κ1) is 24.4. The summed E-state index contributed by atoms with van der Waals surface area (Å²) in [5, 5.41) is 9.27. The van der Waals surface area contributed by atoms with E-state index in [0.717, 1.165) is 11.8 Å². The minimum absolute atomic E-state index is 0.109. The molecule has 4 heterocycles. The van der Waals surface area contributed by atoms with Crippen LogP contribution in [0.15, 0.2) is 48.7 Å². The van der Waals surface area contributed by atoms with Gasteiger partial charge in [-0.2, -0.15) is 13.2 Å². The van der Waals surface area contributed by atoms with Gasteiger partial charge in [0.15, 0.2) is 11.5 Å². The number of benzene rings is 1. The largest absolute Gasteiger partial charge is 0.493 e. The van der Waals surface area contributed by atoms with Crippen molar-refractivity contribution < 1.29 is 22.6 Å². The monoisotopic (exact) mass is 500 g/mol. The fraction of sp³-hybridized carbons (Fsp3) is 0.400. The van der Waals surface area contributed by atoms with E-state index in [9.17, 15) is 13.2 Å². The van der Waals surface area contributed by atoms with Crippen LogP contribution in [0.25, 0.3) is 28.1 Å². The van der Waals surface area contributed by atoms with Gasteiger partial charge in [-0.1, -0.05) is 12.1 Å². The Bertz CT molecular complexity index is 1360. The van der Waals surface area contributed by atoms with Crippen LogP contribution in [0.5, 0.6) is 5.75 Å². The van der Waals surface area contributed by atoms with E-state index in [1.54, 1.807) is 23.6 Å². The number of pyridine rings is 2. The van der Waals surface area contributed by atoms with Crippen molar-refractivity contribution in [3.05, 3.63) is 54.2 Å². The number of likely N-dealkylation sites (tertiary alicyclic amines) is 1. The van der Waals surface area contributed by atoms with E-state index in [4.69, 9.17) is 20.2 Å². The normalized spacial score (nSPS) is 17.8. The summed E-state index contributed by atoms with van der Waals surface area (Å²) in [6.45, 7) is 1.61. The van der Waals surface area contributed by atoms with E-state index in [1.165, 1.54) is 17.2 Å². The van der Waals surface area contributed by atoms with Gasteiger partial charge in [-0.3, -0.25) is 9.30 Å². The molecule has 0 amide bonds. The summed E-state index contributed by atoms with van der Waals surface area (Å²) in [5.74, 6) is 1.03. The highest BCUT2D eigenvalue weighted by Crippen LogP contribution is 2.39. The zero-order valence-electron chi connectivity index (χ0n) is 19.8. The summed E-state index contributed by atoms with van der Waals surface area (Å²) in [4.78, 5) is 6.09. The summed E-state index contributed by atoms with van der Waals surface area (Å²) in [7, 11) is 1.64. The number of fused-ring (bicyclic) bond motifs is 2. The maximum Gasteiger partial charge on any atom is 0.408 e. The topological polar surface area (TPSA) is 90.8 Å². The lowest BCUT2D eigenvalue weighted by Gasteiger charge is -2.30. The number of aromatic nitrogens is 4. The lowest BCUT2D eigenvalue weighted by Crippen LogP contribution is -2.38. The summed E-state index contributed by atoms with van der Waals surface area (Å²) in [5.41, 5.74) is 7.62. The van der Waals surface area contributed by atoms with Crippen LogP contribution in [0.4, 0.5) is 13.2 Å². The summed E-state index contributed by atoms with van der Waals surface area (Å²) < 4.78 is 54.7. The van der Waals surface area contributed by atoms with Crippen molar-refractivity contribution in [3.8, 4) is 17.3 Å². The summed E-state index contributed by atoms with van der Waals surface area (Å²) in [6.07, 6.45) is -1.70. The van der Waals surface area contributed by atoms with Crippen LogP contribution in [-0.4, -0.2) is 70.1 Å². The van der Waals surface area contributed by atoms with Crippen molar-refractivity contribution in [1.29, 1.82) is 0 Å². The molecule has 0 bridgehead atoms. The molecule has 0 spiro atoms. The zero-order valence-corrected chi connectivity index (χ0v) is 19.8. The van der Waals surface area contributed by atoms with Crippen LogP contribution in [-0.2, 0) is 4.74 Å². The number of hydrogen-bond donors (Lipinski definition) is 1. The molecule has 8 nitrogen and oxygen atoms in total. The predicted octanol–water partition coefficient (Wildman–Crippen LogP) is 4.00. The van der Waals surface area contributed by atoms with Gasteiger partial charge in [-0.15, -0.1) is 10.2 Å². The molecule has 1 aliphatic rings. The molecule has 0 saturated carbocycles. The van der Waals surface area contributed by atoms with E-state index < -0.39 is 12.2 Å². The minimum atomic E-state index is -4.45. The van der Waals surface area contributed by atoms with Crippen LogP contribution < -0.4 is 10.5 Å². The van der Waals surface area contributed by atoms with Crippen LogP contribution in [0.1, 0.15) is 24.4 Å². The van der Waals surface area contributed by atoms with Gasteiger partial charge in [0.05, 0.1) is 12.1 Å². The van der Waals surface area contributed by atoms with E-state index in [2.05, 4.69) is 10.2 Å². The average Bonchev–Trinajstić information content (AvgIpc) is 3.46. The molecule has 0 aliphatic carbocycles. The number of rotatable bonds is 8. The first-order chi connectivity index (χ1) is 17.3. The second kappa shape index (κ2) is 10.00. The first-order valence-electron chi connectivity index (χ1n) is 11.8. The molecule has 2 atom stereocenters. The van der Waals surface area contributed by atoms with Crippen LogP contribution in [0.2, 0.25) is 0 Å². The summed E-state index contributed by atoms with van der Waals surface area (Å²) in [6, 6.07) is 10.3. The molecule has 1 saturated heterocycles. The molecular formula is C25H27F3N6O2. The van der Waals surface area contributed by atoms with Crippen LogP contribution in [0, 0.1) is 0 Å². The Kier molecular flexibility index (Phi) is 6.78. The Balaban J connectivity index is 1.49. The third-order valence-electron chi connectivity index (χ3n) is 6.33. The molecule has 0 radical (unpaired) electrons. The van der Waals surface area contributed by atoms with Crippen LogP contribution in [0.3, 0.4) is 0 Å². The maximum absolute atomic E-state index is 14.1. The molecule has 5 rings (SSSR count). The number of nitrogens with two attached hydrogens (primary N) is 1. The van der Waals surface area contributed by atoms with Gasteiger partial charge in [-0.05, 0) is 36.2 Å². The SMILES string of the molecule is COCCCOc1ccc2ccc(-c3nnc4ccc([C@@H](N5CCC(N)C5)C(F)(F)F)cn34)nc2c1. The quantitative estimate of drug-likeness (QED) is 0.366. The lowest BCUT2D eigenvalue weighted by atomic mass is 10.1. The fourth-order valence-electron chi connectivity index (χ4n) is 4.60. The molecule has 190 valence electrons. The van der Waals surface area contributed by atoms with Gasteiger partial charge in [0.2, 0.25) is 0 Å². The number of alkyl halides is 3. The Morgan fingerprint density at radius 2 is 1.94 bits per heavy atom. The van der Waals surface area contributed by atoms with Crippen molar-refractivity contribution in [2.75, 3.05) is 33.4 Å². The minimum Gasteiger partial charge on any atom is -0.493 e. The Morgan fingerprint density at radius 3 is 2.69 bits per heavy atom. The summed E-state index contributed by atoms with van der Waals surface area (Å²) >= 11 is 0. The highest BCUT2D eigenvalue weighted by molar-refractivity contribution is 5.82. The van der Waals surface area contributed by atoms with Crippen molar-refractivity contribution in [1.82, 2.24) is 24.5 Å². The molecular weight excluding hydrogens is 473 g/mol. The third kappa shape index (κ3) is 4.99. The van der Waals surface area contributed by atoms with Gasteiger partial charge < -0.3 is 15.2 Å². The fourth-order valence-corrected chi connectivity index (χ4v) is 4.60. The van der Waals surface area contributed by atoms with E-state index in [1.807, 2.05) is 24.3 Å². The molecule has 36 heavy (non-hydrogen) atoms. The van der Waals surface area contributed by atoms with Gasteiger partial charge in [0.1, 0.15) is 17.5 Å². The number of ether oxygens (including phenoxy) is 2. The Morgan fingerprint density at radius 1 is 1.11 bits per heavy atom. The average molecular weight is 501 g/mol. The third-order valence-corrected chi connectivity index (χ3v) is 6.33. The molecule has 1 fully saturated rings. The number of hydrogen-bond acceptors (Lipinski definition) is 7. The molecule has 1 aliphatic heterocycles. The van der Waals surface area contributed by atoms with Gasteiger partial charge in [-0.25, -0.2) is 4.98 Å². The standard InChI is InChI=1S/C25H27F3N6O2/c1-35-11-2-12-36-19-6-3-16-4-7-20(30-21(16)13-19)24-32-31-22-8-5-17(14-34(22)24)23(25(26,27)28)33-10-9-18(29)15-33/h3-8,13-14,18,23H,2,9-12,15,29H2,1H3/t18?,23-/m1/s1. The highest BCUT2D eigenvalue weighted by Gasteiger charge is 2.46. The molecule has 1 aromatic carbocycles. The molecule has 1 unspecified atom stereocenters. The molecule has 2 N–H and O–H groups in total. The smallest absolute Gasteiger partial charge is 0.408 e. The number of halogens is 3. The second-order valence-electron chi connectivity index (χ2n) is 8.95. The maximum atomic E-state index is 14.1. The predicted molar refractivity (Wildman–Crippen MR) is 129 cm³/mol. The zero-order chi connectivity index (χ0) is 25.3. The Labute approximate surface area is 205 Å².